The van der Waals surface area contributed by atoms with Gasteiger partial charge in [0, 0.05) is 0 Å². The van der Waals surface area contributed by atoms with Crippen LogP contribution in [0.3, 0.4) is 0 Å². The van der Waals surface area contributed by atoms with E-state index in [-0.39, 0.29) is 16.0 Å². The van der Waals surface area contributed by atoms with E-state index < -0.39 is 24.5 Å². The Hall–Kier alpha value is -2.10. The number of carboxylic acids is 1. The number of aliphatic carboxylic acids is 1. The smallest absolute Gasteiger partial charge is 0.266 e. The summed E-state index contributed by atoms with van der Waals surface area (Å²) < 4.78 is 10.5. The molecule has 0 radical (unpaired) electrons. The van der Waals surface area contributed by atoms with Crippen molar-refractivity contribution in [2.75, 3.05) is 13.4 Å². The molecule has 1 saturated heterocycles. The molecule has 3 rings (SSSR count). The number of aliphatic hydroxyl groups is 1. The fourth-order valence-electron chi connectivity index (χ4n) is 2.16. The lowest BCUT2D eigenvalue weighted by atomic mass is 10.2. The van der Waals surface area contributed by atoms with Crippen molar-refractivity contribution in [3.05, 3.63) is 28.7 Å². The molecule has 2 heterocycles. The maximum absolute atomic E-state index is 12.3. The van der Waals surface area contributed by atoms with E-state index in [1.54, 1.807) is 24.3 Å². The second kappa shape index (κ2) is 6.19. The average Bonchev–Trinajstić information content (AvgIpc) is 3.07. The largest absolute Gasteiger partial charge is 0.548 e. The number of thioether (sulfide) groups is 1. The van der Waals surface area contributed by atoms with Crippen molar-refractivity contribution >= 4 is 46.3 Å². The summed E-state index contributed by atoms with van der Waals surface area (Å²) in [5.74, 6) is -0.960. The first-order valence-electron chi connectivity index (χ1n) is 6.49. The lowest BCUT2D eigenvalue weighted by Gasteiger charge is -2.25. The number of amides is 1. The van der Waals surface area contributed by atoms with Crippen molar-refractivity contribution in [2.24, 2.45) is 0 Å². The highest BCUT2D eigenvalue weighted by molar-refractivity contribution is 8.26. The van der Waals surface area contributed by atoms with Crippen LogP contribution in [0.4, 0.5) is 0 Å². The Morgan fingerprint density at radius 3 is 2.91 bits per heavy atom. The predicted octanol–water partition coefficient (Wildman–Crippen LogP) is -0.273. The number of carbonyl (C=O) groups excluding carboxylic acids is 2. The van der Waals surface area contributed by atoms with E-state index in [2.05, 4.69) is 0 Å². The van der Waals surface area contributed by atoms with Crippen molar-refractivity contribution in [1.29, 1.82) is 0 Å². The number of carboxylic acid groups (broad SMARTS) is 1. The van der Waals surface area contributed by atoms with Gasteiger partial charge in [-0.15, -0.1) is 0 Å². The molecule has 23 heavy (non-hydrogen) atoms. The van der Waals surface area contributed by atoms with Gasteiger partial charge in [0.2, 0.25) is 6.79 Å². The summed E-state index contributed by atoms with van der Waals surface area (Å²) in [6.45, 7) is -0.628. The number of hydrogen-bond acceptors (Lipinski definition) is 8. The molecule has 1 amide bonds. The van der Waals surface area contributed by atoms with Gasteiger partial charge >= 0.3 is 0 Å². The number of rotatable bonds is 4. The van der Waals surface area contributed by atoms with Crippen LogP contribution in [0.15, 0.2) is 23.1 Å². The molecule has 0 aromatic heterocycles. The molecule has 1 fully saturated rings. The zero-order valence-electron chi connectivity index (χ0n) is 11.6. The maximum Gasteiger partial charge on any atom is 0.266 e. The highest BCUT2D eigenvalue weighted by Crippen LogP contribution is 2.36. The van der Waals surface area contributed by atoms with Gasteiger partial charge in [0.05, 0.1) is 17.5 Å². The van der Waals surface area contributed by atoms with E-state index in [9.17, 15) is 14.7 Å². The van der Waals surface area contributed by atoms with Crippen LogP contribution in [0.25, 0.3) is 6.08 Å². The van der Waals surface area contributed by atoms with Gasteiger partial charge in [-0.3, -0.25) is 9.69 Å². The van der Waals surface area contributed by atoms with Gasteiger partial charge in [-0.1, -0.05) is 30.0 Å². The van der Waals surface area contributed by atoms with Crippen LogP contribution in [-0.2, 0) is 9.59 Å². The number of thiocarbonyl (C=S) groups is 1. The number of aliphatic hydroxyl groups excluding tert-OH is 1. The quantitative estimate of drug-likeness (QED) is 0.584. The molecule has 0 bridgehead atoms. The molecule has 0 spiro atoms. The summed E-state index contributed by atoms with van der Waals surface area (Å²) in [7, 11) is 0. The SMILES string of the molecule is O=C([O-])[C@@H](CO)N1C(=O)/C(=C/c2ccc3c(c2)OCO3)SC1=S. The first-order valence-corrected chi connectivity index (χ1v) is 7.72. The van der Waals surface area contributed by atoms with Gasteiger partial charge in [0.25, 0.3) is 5.91 Å². The van der Waals surface area contributed by atoms with Crippen molar-refractivity contribution in [2.45, 2.75) is 6.04 Å². The molecule has 0 saturated carbocycles. The van der Waals surface area contributed by atoms with Crippen LogP contribution in [0, 0.1) is 0 Å². The summed E-state index contributed by atoms with van der Waals surface area (Å²) in [6.07, 6.45) is 1.57. The minimum atomic E-state index is -1.56. The average molecular weight is 352 g/mol. The van der Waals surface area contributed by atoms with E-state index >= 15 is 0 Å². The van der Waals surface area contributed by atoms with Crippen LogP contribution >= 0.6 is 24.0 Å². The van der Waals surface area contributed by atoms with E-state index in [4.69, 9.17) is 26.8 Å². The standard InChI is InChI=1S/C14H11NO6S2/c16-5-8(13(18)19)15-12(17)11(23-14(15)22)4-7-1-2-9-10(3-7)21-6-20-9/h1-4,8,16H,5-6H2,(H,18,19)/p-1/b11-4-/t8-/m1/s1. The summed E-state index contributed by atoms with van der Waals surface area (Å²) in [4.78, 5) is 24.5. The molecule has 1 aromatic rings. The molecular formula is C14H10NO6S2-. The molecule has 1 atom stereocenters. The number of ether oxygens (including phenoxy) is 2. The summed E-state index contributed by atoms with van der Waals surface area (Å²) in [5, 5.41) is 20.2. The molecular weight excluding hydrogens is 342 g/mol. The molecule has 2 aliphatic rings. The fourth-order valence-corrected chi connectivity index (χ4v) is 3.52. The number of benzene rings is 1. The van der Waals surface area contributed by atoms with E-state index in [1.807, 2.05) is 0 Å². The first kappa shape index (κ1) is 15.8. The monoisotopic (exact) mass is 352 g/mol. The lowest BCUT2D eigenvalue weighted by molar-refractivity contribution is -0.311. The Bertz CT molecular complexity index is 732. The summed E-state index contributed by atoms with van der Waals surface area (Å²) in [5.41, 5.74) is 0.684. The second-order valence-electron chi connectivity index (χ2n) is 4.68. The first-order chi connectivity index (χ1) is 11.0. The van der Waals surface area contributed by atoms with E-state index in [0.717, 1.165) is 16.7 Å². The zero-order valence-corrected chi connectivity index (χ0v) is 13.2. The van der Waals surface area contributed by atoms with Gasteiger partial charge in [0.15, 0.2) is 11.5 Å². The minimum Gasteiger partial charge on any atom is -0.548 e. The predicted molar refractivity (Wildman–Crippen MR) is 83.5 cm³/mol. The summed E-state index contributed by atoms with van der Waals surface area (Å²) >= 11 is 6.00. The van der Waals surface area contributed by atoms with E-state index in [1.165, 1.54) is 0 Å². The van der Waals surface area contributed by atoms with Crippen LogP contribution < -0.4 is 14.6 Å². The Morgan fingerprint density at radius 1 is 1.48 bits per heavy atom. The Labute approximate surface area is 140 Å². The topological polar surface area (TPSA) is 99.1 Å². The lowest BCUT2D eigenvalue weighted by Crippen LogP contribution is -2.51. The molecule has 1 aromatic carbocycles. The number of nitrogens with zero attached hydrogens (tertiary/aromatic N) is 1. The van der Waals surface area contributed by atoms with Gasteiger partial charge in [-0.2, -0.15) is 0 Å². The van der Waals surface area contributed by atoms with Gasteiger partial charge in [-0.25, -0.2) is 0 Å². The normalized spacial score (nSPS) is 19.5. The molecule has 2 aliphatic heterocycles. The van der Waals surface area contributed by atoms with Crippen molar-refractivity contribution < 1.29 is 29.3 Å². The van der Waals surface area contributed by atoms with Crippen molar-refractivity contribution in [3.63, 3.8) is 0 Å². The third kappa shape index (κ3) is 2.90. The number of hydrogen-bond donors (Lipinski definition) is 1. The third-order valence-corrected chi connectivity index (χ3v) is 4.61. The third-order valence-electron chi connectivity index (χ3n) is 3.27. The van der Waals surface area contributed by atoms with Crippen LogP contribution in [0.1, 0.15) is 5.56 Å². The molecule has 1 N–H and O–H groups in total. The Balaban J connectivity index is 1.88. The zero-order chi connectivity index (χ0) is 16.6. The molecule has 120 valence electrons. The molecule has 0 aliphatic carbocycles. The Morgan fingerprint density at radius 2 is 2.22 bits per heavy atom. The minimum absolute atomic E-state index is 0.0604. The highest BCUT2D eigenvalue weighted by Gasteiger charge is 2.37. The van der Waals surface area contributed by atoms with Crippen LogP contribution in [0.5, 0.6) is 11.5 Å². The van der Waals surface area contributed by atoms with Gasteiger partial charge in [0.1, 0.15) is 10.4 Å². The van der Waals surface area contributed by atoms with Crippen molar-refractivity contribution in [1.82, 2.24) is 4.90 Å². The van der Waals surface area contributed by atoms with Crippen molar-refractivity contribution in [3.8, 4) is 11.5 Å². The van der Waals surface area contributed by atoms with Crippen LogP contribution in [0.2, 0.25) is 0 Å². The number of fused-ring (bicyclic) bond motifs is 1. The second-order valence-corrected chi connectivity index (χ2v) is 6.36. The molecule has 7 nitrogen and oxygen atoms in total. The Kier molecular flexibility index (Phi) is 4.24. The molecule has 0 unspecified atom stereocenters. The number of carbonyl (C=O) groups is 2. The summed E-state index contributed by atoms with van der Waals surface area (Å²) in [6, 6.07) is 3.66. The van der Waals surface area contributed by atoms with Gasteiger partial charge in [-0.05, 0) is 23.8 Å². The van der Waals surface area contributed by atoms with E-state index in [0.29, 0.717) is 17.1 Å². The molecule has 9 heteroatoms. The van der Waals surface area contributed by atoms with Crippen LogP contribution in [-0.4, -0.2) is 45.6 Å². The van der Waals surface area contributed by atoms with Gasteiger partial charge < -0.3 is 24.5 Å². The fraction of sp³-hybridized carbons (Fsp3) is 0.214. The highest BCUT2D eigenvalue weighted by atomic mass is 32.2. The maximum atomic E-state index is 12.3.